The van der Waals surface area contributed by atoms with E-state index in [-0.39, 0.29) is 15.5 Å². The molecule has 6 nitrogen and oxygen atoms in total. The van der Waals surface area contributed by atoms with E-state index in [1.807, 2.05) is 6.92 Å². The van der Waals surface area contributed by atoms with Gasteiger partial charge in [0.2, 0.25) is 9.47 Å². The maximum absolute atomic E-state index is 12.5. The molecule has 1 aliphatic rings. The molecule has 2 N–H and O–H groups in total. The number of sulfonamides is 1. The largest absolute Gasteiger partial charge is 0.374 e. The monoisotopic (exact) mass is 290 g/mol. The molecule has 2 heterocycles. The van der Waals surface area contributed by atoms with Gasteiger partial charge >= 0.3 is 0 Å². The van der Waals surface area contributed by atoms with Gasteiger partial charge in [-0.1, -0.05) is 25.2 Å². The van der Waals surface area contributed by atoms with Crippen molar-refractivity contribution in [1.29, 1.82) is 0 Å². The molecule has 0 bridgehead atoms. The van der Waals surface area contributed by atoms with Crippen LogP contribution in [-0.4, -0.2) is 35.5 Å². The number of rotatable bonds is 2. The molecule has 0 amide bonds. The average molecular weight is 290 g/mol. The van der Waals surface area contributed by atoms with Crippen LogP contribution in [0.4, 0.5) is 5.13 Å². The molecule has 1 aromatic rings. The highest BCUT2D eigenvalue weighted by molar-refractivity contribution is 7.91. The molecule has 0 saturated carbocycles. The van der Waals surface area contributed by atoms with Gasteiger partial charge in [-0.15, -0.1) is 10.2 Å². The van der Waals surface area contributed by atoms with E-state index in [2.05, 4.69) is 24.0 Å². The molecule has 2 rings (SSSR count). The quantitative estimate of drug-likeness (QED) is 0.883. The van der Waals surface area contributed by atoms with Crippen LogP contribution in [0.3, 0.4) is 0 Å². The van der Waals surface area contributed by atoms with Crippen LogP contribution in [0.1, 0.15) is 27.2 Å². The average Bonchev–Trinajstić information content (AvgIpc) is 2.70. The predicted octanol–water partition coefficient (Wildman–Crippen LogP) is 1.18. The van der Waals surface area contributed by atoms with Crippen molar-refractivity contribution in [2.75, 3.05) is 12.3 Å². The van der Waals surface area contributed by atoms with E-state index >= 15 is 0 Å². The zero-order valence-electron chi connectivity index (χ0n) is 10.7. The Morgan fingerprint density at radius 1 is 1.33 bits per heavy atom. The molecule has 1 aromatic heterocycles. The Morgan fingerprint density at radius 3 is 2.56 bits per heavy atom. The zero-order valence-corrected chi connectivity index (χ0v) is 12.3. The summed E-state index contributed by atoms with van der Waals surface area (Å²) in [4.78, 5) is 0. The molecule has 0 spiro atoms. The molecule has 3 atom stereocenters. The number of piperidine rings is 1. The van der Waals surface area contributed by atoms with E-state index in [0.29, 0.717) is 18.4 Å². The maximum Gasteiger partial charge on any atom is 0.272 e. The lowest BCUT2D eigenvalue weighted by Gasteiger charge is -2.39. The van der Waals surface area contributed by atoms with Crippen molar-refractivity contribution in [2.24, 2.45) is 11.8 Å². The minimum Gasteiger partial charge on any atom is -0.374 e. The van der Waals surface area contributed by atoms with E-state index in [1.54, 1.807) is 0 Å². The second kappa shape index (κ2) is 4.75. The SMILES string of the molecule is CC1CC(C)C(C)N(S(=O)(=O)c2nnc(N)s2)C1. The third-order valence-electron chi connectivity index (χ3n) is 3.50. The van der Waals surface area contributed by atoms with Crippen molar-refractivity contribution in [3.63, 3.8) is 0 Å². The van der Waals surface area contributed by atoms with Crippen molar-refractivity contribution >= 4 is 26.5 Å². The summed E-state index contributed by atoms with van der Waals surface area (Å²) in [5.41, 5.74) is 5.46. The number of nitrogens with two attached hydrogens (primary N) is 1. The minimum atomic E-state index is -3.56. The van der Waals surface area contributed by atoms with Gasteiger partial charge in [0.25, 0.3) is 10.0 Å². The Hall–Kier alpha value is -0.730. The highest BCUT2D eigenvalue weighted by atomic mass is 32.2. The first-order valence-electron chi connectivity index (χ1n) is 5.93. The molecule has 0 radical (unpaired) electrons. The lowest BCUT2D eigenvalue weighted by atomic mass is 9.88. The standard InChI is InChI=1S/C10H18N4O2S2/c1-6-4-7(2)8(3)14(5-6)18(15,16)10-13-12-9(11)17-10/h6-8H,4-5H2,1-3H3,(H2,11,12). The lowest BCUT2D eigenvalue weighted by molar-refractivity contribution is 0.157. The third-order valence-corrected chi connectivity index (χ3v) is 6.55. The van der Waals surface area contributed by atoms with Crippen LogP contribution >= 0.6 is 11.3 Å². The van der Waals surface area contributed by atoms with Gasteiger partial charge < -0.3 is 5.73 Å². The van der Waals surface area contributed by atoms with Crippen LogP contribution in [0.5, 0.6) is 0 Å². The highest BCUT2D eigenvalue weighted by Crippen LogP contribution is 2.32. The summed E-state index contributed by atoms with van der Waals surface area (Å²) in [6.45, 7) is 6.63. The lowest BCUT2D eigenvalue weighted by Crippen LogP contribution is -2.48. The Morgan fingerprint density at radius 2 is 2.00 bits per heavy atom. The first-order valence-corrected chi connectivity index (χ1v) is 8.19. The van der Waals surface area contributed by atoms with E-state index in [0.717, 1.165) is 17.8 Å². The highest BCUT2D eigenvalue weighted by Gasteiger charge is 2.38. The Bertz CT molecular complexity index is 528. The second-order valence-corrected chi connectivity index (χ2v) is 8.11. The summed E-state index contributed by atoms with van der Waals surface area (Å²) >= 11 is 0.919. The molecule has 0 aromatic carbocycles. The van der Waals surface area contributed by atoms with Gasteiger partial charge in [0.05, 0.1) is 0 Å². The summed E-state index contributed by atoms with van der Waals surface area (Å²) in [6, 6.07) is -0.0173. The molecule has 1 aliphatic heterocycles. The third kappa shape index (κ3) is 2.36. The predicted molar refractivity (Wildman–Crippen MR) is 70.6 cm³/mol. The molecular weight excluding hydrogens is 272 g/mol. The van der Waals surface area contributed by atoms with Crippen LogP contribution in [0.15, 0.2) is 4.34 Å². The van der Waals surface area contributed by atoms with Gasteiger partial charge in [-0.2, -0.15) is 4.31 Å². The molecular formula is C10H18N4O2S2. The van der Waals surface area contributed by atoms with E-state index < -0.39 is 10.0 Å². The van der Waals surface area contributed by atoms with Crippen LogP contribution in [0.25, 0.3) is 0 Å². The summed E-state index contributed by atoms with van der Waals surface area (Å²) in [7, 11) is -3.56. The van der Waals surface area contributed by atoms with Crippen molar-refractivity contribution in [3.8, 4) is 0 Å². The number of hydrogen-bond donors (Lipinski definition) is 1. The van der Waals surface area contributed by atoms with Crippen molar-refractivity contribution in [1.82, 2.24) is 14.5 Å². The van der Waals surface area contributed by atoms with Crippen LogP contribution < -0.4 is 5.73 Å². The molecule has 102 valence electrons. The van der Waals surface area contributed by atoms with Gasteiger partial charge in [0.1, 0.15) is 0 Å². The normalized spacial score (nSPS) is 30.5. The van der Waals surface area contributed by atoms with E-state index in [9.17, 15) is 8.42 Å². The summed E-state index contributed by atoms with van der Waals surface area (Å²) < 4.78 is 26.5. The molecule has 1 saturated heterocycles. The number of aromatic nitrogens is 2. The van der Waals surface area contributed by atoms with Crippen molar-refractivity contribution in [3.05, 3.63) is 0 Å². The Balaban J connectivity index is 2.34. The number of nitrogens with zero attached hydrogens (tertiary/aromatic N) is 3. The van der Waals surface area contributed by atoms with Crippen LogP contribution in [0.2, 0.25) is 0 Å². The second-order valence-electron chi connectivity index (χ2n) is 5.04. The van der Waals surface area contributed by atoms with Crippen LogP contribution in [0, 0.1) is 11.8 Å². The molecule has 0 aliphatic carbocycles. The fourth-order valence-corrected chi connectivity index (χ4v) is 5.15. The fourth-order valence-electron chi connectivity index (χ4n) is 2.41. The summed E-state index contributed by atoms with van der Waals surface area (Å²) in [5.74, 6) is 0.699. The molecule has 18 heavy (non-hydrogen) atoms. The first kappa shape index (κ1) is 13.7. The van der Waals surface area contributed by atoms with Gasteiger partial charge in [-0.25, -0.2) is 8.42 Å². The molecule has 8 heteroatoms. The van der Waals surface area contributed by atoms with Crippen LogP contribution in [-0.2, 0) is 10.0 Å². The van der Waals surface area contributed by atoms with Gasteiger partial charge in [0, 0.05) is 12.6 Å². The summed E-state index contributed by atoms with van der Waals surface area (Å²) in [5, 5.41) is 7.42. The topological polar surface area (TPSA) is 89.2 Å². The Labute approximate surface area is 111 Å². The van der Waals surface area contributed by atoms with Crippen molar-refractivity contribution in [2.45, 2.75) is 37.6 Å². The summed E-state index contributed by atoms with van der Waals surface area (Å²) in [6.07, 6.45) is 1.05. The van der Waals surface area contributed by atoms with Crippen molar-refractivity contribution < 1.29 is 8.42 Å². The van der Waals surface area contributed by atoms with Gasteiger partial charge in [0.15, 0.2) is 0 Å². The number of nitrogen functional groups attached to an aromatic ring is 1. The first-order chi connectivity index (χ1) is 8.32. The molecule has 3 unspecified atom stereocenters. The van der Waals surface area contributed by atoms with E-state index in [1.165, 1.54) is 4.31 Å². The fraction of sp³-hybridized carbons (Fsp3) is 0.800. The zero-order chi connectivity index (χ0) is 13.5. The van der Waals surface area contributed by atoms with E-state index in [4.69, 9.17) is 5.73 Å². The molecule has 1 fully saturated rings. The number of anilines is 1. The number of hydrogen-bond acceptors (Lipinski definition) is 6. The maximum atomic E-state index is 12.5. The Kier molecular flexibility index (Phi) is 3.61. The van der Waals surface area contributed by atoms with Gasteiger partial charge in [-0.05, 0) is 25.2 Å². The van der Waals surface area contributed by atoms with Gasteiger partial charge in [-0.3, -0.25) is 0 Å². The smallest absolute Gasteiger partial charge is 0.272 e. The minimum absolute atomic E-state index is 0.00634.